The zero-order chi connectivity index (χ0) is 15.0. The molecule has 6 nitrogen and oxygen atoms in total. The van der Waals surface area contributed by atoms with Gasteiger partial charge in [0.2, 0.25) is 0 Å². The maximum absolute atomic E-state index is 12.0. The Morgan fingerprint density at radius 3 is 2.29 bits per heavy atom. The third kappa shape index (κ3) is 2.17. The van der Waals surface area contributed by atoms with Gasteiger partial charge in [0.15, 0.2) is 0 Å². The third-order valence-electron chi connectivity index (χ3n) is 2.94. The number of fused-ring (bicyclic) bond motifs is 1. The van der Waals surface area contributed by atoms with Crippen LogP contribution in [0.4, 0.5) is 0 Å². The standard InChI is InChI=1S/C14H9NO5S/c1-19-8-6-11(21-7-8)14(18)20-15-12(16)9-4-2-3-5-10(9)13(15)17/h2-7H,1H3. The number of amides is 2. The zero-order valence-electron chi connectivity index (χ0n) is 10.9. The van der Waals surface area contributed by atoms with Crippen LogP contribution in [0.3, 0.4) is 0 Å². The fourth-order valence-electron chi connectivity index (χ4n) is 1.91. The minimum Gasteiger partial charge on any atom is -0.496 e. The molecular formula is C14H9NO5S. The van der Waals surface area contributed by atoms with Gasteiger partial charge in [-0.2, -0.15) is 0 Å². The Kier molecular flexibility index (Phi) is 3.19. The number of carbonyl (C=O) groups excluding carboxylic acids is 3. The molecule has 7 heteroatoms. The lowest BCUT2D eigenvalue weighted by atomic mass is 10.1. The Labute approximate surface area is 123 Å². The average molecular weight is 303 g/mol. The quantitative estimate of drug-likeness (QED) is 0.812. The van der Waals surface area contributed by atoms with Crippen LogP contribution in [-0.4, -0.2) is 30.0 Å². The Morgan fingerprint density at radius 1 is 1.14 bits per heavy atom. The van der Waals surface area contributed by atoms with Crippen molar-refractivity contribution in [3.05, 3.63) is 51.7 Å². The van der Waals surface area contributed by atoms with Gasteiger partial charge >= 0.3 is 5.97 Å². The van der Waals surface area contributed by atoms with Gasteiger partial charge in [0, 0.05) is 11.4 Å². The number of imide groups is 1. The molecule has 0 fully saturated rings. The van der Waals surface area contributed by atoms with Crippen molar-refractivity contribution < 1.29 is 24.0 Å². The number of hydrogen-bond donors (Lipinski definition) is 0. The summed E-state index contributed by atoms with van der Waals surface area (Å²) in [6.07, 6.45) is 0. The molecule has 2 aromatic rings. The molecule has 0 radical (unpaired) electrons. The van der Waals surface area contributed by atoms with E-state index in [9.17, 15) is 14.4 Å². The molecule has 1 aromatic heterocycles. The second-order valence-corrected chi connectivity index (χ2v) is 5.09. The van der Waals surface area contributed by atoms with Gasteiger partial charge in [0.25, 0.3) is 11.8 Å². The number of rotatable bonds is 3. The topological polar surface area (TPSA) is 72.9 Å². The molecule has 1 aliphatic heterocycles. The molecule has 0 spiro atoms. The van der Waals surface area contributed by atoms with Crippen LogP contribution < -0.4 is 4.74 Å². The second kappa shape index (κ2) is 5.02. The van der Waals surface area contributed by atoms with E-state index in [4.69, 9.17) is 9.57 Å². The van der Waals surface area contributed by atoms with Gasteiger partial charge < -0.3 is 9.57 Å². The van der Waals surface area contributed by atoms with Gasteiger partial charge in [0.1, 0.15) is 10.6 Å². The number of ether oxygens (including phenoxy) is 1. The van der Waals surface area contributed by atoms with Crippen molar-refractivity contribution in [3.8, 4) is 5.75 Å². The summed E-state index contributed by atoms with van der Waals surface area (Å²) in [6.45, 7) is 0. The maximum atomic E-state index is 12.0. The number of nitrogens with zero attached hydrogens (tertiary/aromatic N) is 1. The van der Waals surface area contributed by atoms with E-state index >= 15 is 0 Å². The summed E-state index contributed by atoms with van der Waals surface area (Å²) in [4.78, 5) is 41.2. The number of hydrogen-bond acceptors (Lipinski definition) is 6. The fourth-order valence-corrected chi connectivity index (χ4v) is 2.64. The van der Waals surface area contributed by atoms with Crippen molar-refractivity contribution in [1.29, 1.82) is 0 Å². The Hall–Kier alpha value is -2.67. The van der Waals surface area contributed by atoms with Crippen LogP contribution in [-0.2, 0) is 4.84 Å². The predicted molar refractivity (Wildman–Crippen MR) is 73.2 cm³/mol. The minimum atomic E-state index is -0.780. The van der Waals surface area contributed by atoms with E-state index in [1.54, 1.807) is 17.5 Å². The van der Waals surface area contributed by atoms with Crippen molar-refractivity contribution in [1.82, 2.24) is 5.06 Å². The number of hydroxylamine groups is 2. The third-order valence-corrected chi connectivity index (χ3v) is 3.83. The summed E-state index contributed by atoms with van der Waals surface area (Å²) in [5.74, 6) is -1.56. The van der Waals surface area contributed by atoms with Gasteiger partial charge in [-0.1, -0.05) is 17.2 Å². The first kappa shape index (κ1) is 13.3. The van der Waals surface area contributed by atoms with E-state index < -0.39 is 17.8 Å². The van der Waals surface area contributed by atoms with E-state index in [1.165, 1.54) is 25.3 Å². The highest BCUT2D eigenvalue weighted by Gasteiger charge is 2.38. The van der Waals surface area contributed by atoms with Crippen LogP contribution >= 0.6 is 11.3 Å². The van der Waals surface area contributed by atoms with Crippen LogP contribution in [0.1, 0.15) is 30.4 Å². The SMILES string of the molecule is COc1csc(C(=O)ON2C(=O)c3ccccc3C2=O)c1. The van der Waals surface area contributed by atoms with Crippen LogP contribution in [0, 0.1) is 0 Å². The fraction of sp³-hybridized carbons (Fsp3) is 0.0714. The molecule has 0 N–H and O–H groups in total. The number of methoxy groups -OCH3 is 1. The number of benzene rings is 1. The summed E-state index contributed by atoms with van der Waals surface area (Å²) in [5.41, 5.74) is 0.443. The van der Waals surface area contributed by atoms with Crippen molar-refractivity contribution in [3.63, 3.8) is 0 Å². The lowest BCUT2D eigenvalue weighted by molar-refractivity contribution is -0.0581. The highest BCUT2D eigenvalue weighted by molar-refractivity contribution is 7.12. The first-order chi connectivity index (χ1) is 10.1. The van der Waals surface area contributed by atoms with E-state index in [1.807, 2.05) is 0 Å². The molecule has 2 heterocycles. The van der Waals surface area contributed by atoms with Crippen molar-refractivity contribution in [2.45, 2.75) is 0 Å². The lowest BCUT2D eigenvalue weighted by Crippen LogP contribution is -2.32. The molecule has 1 aliphatic rings. The molecule has 3 rings (SSSR count). The Balaban J connectivity index is 1.82. The van der Waals surface area contributed by atoms with E-state index in [-0.39, 0.29) is 16.0 Å². The average Bonchev–Trinajstić information content (AvgIpc) is 3.07. The molecule has 0 saturated carbocycles. The predicted octanol–water partition coefficient (Wildman–Crippen LogP) is 2.12. The highest BCUT2D eigenvalue weighted by Crippen LogP contribution is 2.26. The first-order valence-corrected chi connectivity index (χ1v) is 6.82. The van der Waals surface area contributed by atoms with Crippen molar-refractivity contribution in [2.24, 2.45) is 0 Å². The summed E-state index contributed by atoms with van der Waals surface area (Å²) < 4.78 is 4.96. The first-order valence-electron chi connectivity index (χ1n) is 5.94. The van der Waals surface area contributed by atoms with Crippen LogP contribution in [0.25, 0.3) is 0 Å². The van der Waals surface area contributed by atoms with E-state index in [0.29, 0.717) is 10.8 Å². The Morgan fingerprint density at radius 2 is 1.76 bits per heavy atom. The van der Waals surface area contributed by atoms with Crippen LogP contribution in [0.15, 0.2) is 35.7 Å². The molecule has 0 unspecified atom stereocenters. The molecule has 2 amide bonds. The van der Waals surface area contributed by atoms with Crippen molar-refractivity contribution >= 4 is 29.1 Å². The zero-order valence-corrected chi connectivity index (χ0v) is 11.7. The van der Waals surface area contributed by atoms with Crippen molar-refractivity contribution in [2.75, 3.05) is 7.11 Å². The maximum Gasteiger partial charge on any atom is 0.373 e. The second-order valence-electron chi connectivity index (χ2n) is 4.18. The normalized spacial score (nSPS) is 13.3. The van der Waals surface area contributed by atoms with Gasteiger partial charge in [-0.15, -0.1) is 11.3 Å². The van der Waals surface area contributed by atoms with Gasteiger partial charge in [-0.3, -0.25) is 9.59 Å². The molecule has 0 saturated heterocycles. The molecular weight excluding hydrogens is 294 g/mol. The van der Waals surface area contributed by atoms with Crippen LogP contribution in [0.5, 0.6) is 5.75 Å². The molecule has 0 atom stereocenters. The highest BCUT2D eigenvalue weighted by atomic mass is 32.1. The summed E-state index contributed by atoms with van der Waals surface area (Å²) in [7, 11) is 1.47. The van der Waals surface area contributed by atoms with E-state index in [2.05, 4.69) is 0 Å². The van der Waals surface area contributed by atoms with Gasteiger partial charge in [0.05, 0.1) is 18.2 Å². The summed E-state index contributed by atoms with van der Waals surface area (Å²) in [6, 6.07) is 7.78. The number of thiophene rings is 1. The summed E-state index contributed by atoms with van der Waals surface area (Å²) in [5, 5.41) is 2.11. The molecule has 0 aliphatic carbocycles. The number of carbonyl (C=O) groups is 3. The van der Waals surface area contributed by atoms with Crippen LogP contribution in [0.2, 0.25) is 0 Å². The van der Waals surface area contributed by atoms with E-state index in [0.717, 1.165) is 11.3 Å². The van der Waals surface area contributed by atoms with Gasteiger partial charge in [-0.25, -0.2) is 4.79 Å². The monoisotopic (exact) mass is 303 g/mol. The van der Waals surface area contributed by atoms with Gasteiger partial charge in [-0.05, 0) is 12.1 Å². The molecule has 21 heavy (non-hydrogen) atoms. The minimum absolute atomic E-state index is 0.221. The Bertz CT molecular complexity index is 716. The molecule has 106 valence electrons. The molecule has 1 aromatic carbocycles. The lowest BCUT2D eigenvalue weighted by Gasteiger charge is -2.11. The summed E-state index contributed by atoms with van der Waals surface area (Å²) >= 11 is 1.10. The molecule has 0 bridgehead atoms. The smallest absolute Gasteiger partial charge is 0.373 e. The largest absolute Gasteiger partial charge is 0.496 e.